The number of sulfonamides is 1. The predicted octanol–water partition coefficient (Wildman–Crippen LogP) is 3.68. The van der Waals surface area contributed by atoms with Gasteiger partial charge in [0, 0.05) is 42.0 Å². The van der Waals surface area contributed by atoms with E-state index in [9.17, 15) is 27.6 Å². The number of likely N-dealkylation sites (tertiary alicyclic amines) is 1. The number of nitrogens with one attached hydrogen (secondary N) is 3. The average Bonchev–Trinajstić information content (AvgIpc) is 3.75. The van der Waals surface area contributed by atoms with Gasteiger partial charge in [-0.05, 0) is 51.5 Å². The highest BCUT2D eigenvalue weighted by Crippen LogP contribution is 2.45. The molecule has 1 saturated carbocycles. The van der Waals surface area contributed by atoms with Crippen LogP contribution >= 0.6 is 0 Å². The van der Waals surface area contributed by atoms with Gasteiger partial charge in [0.15, 0.2) is 0 Å². The van der Waals surface area contributed by atoms with E-state index in [-0.39, 0.29) is 30.8 Å². The molecule has 2 aliphatic rings. The number of nitrogens with zero attached hydrogens (tertiary/aromatic N) is 2. The summed E-state index contributed by atoms with van der Waals surface area (Å²) in [6, 6.07) is 21.4. The third-order valence-corrected chi connectivity index (χ3v) is 11.1. The van der Waals surface area contributed by atoms with Crippen LogP contribution in [0.4, 0.5) is 4.79 Å². The standard InChI is InChI=1S/C41H46N6O9S/c1-6-26-22-41(26,38(50)46-57(52,53)29-15-11-8-12-16-29)45-36(48)34-20-28(24-47(34)37(49)33(23-42)44-39(51)56-40(2,3)4)55-35-21-31(25-13-9-7-10-14-25)43-32-19-27(54-5)17-18-30(32)35/h6-19,21,26,28,33-34H,1,20,22-24,42H2,2-5H3,(H,44,51)(H,45,48)(H,46,50)/t26-,28-,33+,34+,41-/m1/s1. The number of nitrogens with two attached hydrogens (primary N) is 1. The van der Waals surface area contributed by atoms with E-state index in [1.165, 1.54) is 35.2 Å². The maximum absolute atomic E-state index is 14.4. The van der Waals surface area contributed by atoms with Gasteiger partial charge in [0.1, 0.15) is 40.8 Å². The van der Waals surface area contributed by atoms with Gasteiger partial charge in [0.25, 0.3) is 15.9 Å². The van der Waals surface area contributed by atoms with Crippen LogP contribution in [0.3, 0.4) is 0 Å². The smallest absolute Gasteiger partial charge is 0.408 e. The molecule has 0 spiro atoms. The number of alkyl carbamates (subject to hydrolysis) is 1. The molecule has 6 rings (SSSR count). The SMILES string of the molecule is C=C[C@@H]1C[C@]1(NC(=O)[C@@H]1C[C@@H](Oc2cc(-c3ccccc3)nc3cc(OC)ccc23)CN1C(=O)[C@H](CN)NC(=O)OC(C)(C)C)C(=O)NS(=O)(=O)c1ccccc1. The normalized spacial score (nSPS) is 20.9. The number of aromatic nitrogens is 1. The average molecular weight is 799 g/mol. The lowest BCUT2D eigenvalue weighted by molar-refractivity contribution is -0.141. The van der Waals surface area contributed by atoms with Gasteiger partial charge in [-0.3, -0.25) is 14.4 Å². The first-order chi connectivity index (χ1) is 27.1. The van der Waals surface area contributed by atoms with E-state index < -0.39 is 69.1 Å². The molecular weight excluding hydrogens is 753 g/mol. The highest BCUT2D eigenvalue weighted by atomic mass is 32.2. The fourth-order valence-electron chi connectivity index (χ4n) is 6.79. The third kappa shape index (κ3) is 9.02. The van der Waals surface area contributed by atoms with Gasteiger partial charge in [-0.25, -0.2) is 22.9 Å². The van der Waals surface area contributed by atoms with E-state index in [4.69, 9.17) is 24.9 Å². The molecule has 0 unspecified atom stereocenters. The lowest BCUT2D eigenvalue weighted by Gasteiger charge is -2.30. The Hall–Kier alpha value is -6.00. The van der Waals surface area contributed by atoms with Crippen molar-refractivity contribution < 1.29 is 41.8 Å². The van der Waals surface area contributed by atoms with Gasteiger partial charge in [-0.2, -0.15) is 0 Å². The molecule has 1 aliphatic carbocycles. The number of amides is 4. The Labute approximate surface area is 331 Å². The second-order valence-electron chi connectivity index (χ2n) is 14.9. The summed E-state index contributed by atoms with van der Waals surface area (Å²) in [6.07, 6.45) is -0.172. The summed E-state index contributed by atoms with van der Waals surface area (Å²) in [4.78, 5) is 61.0. The zero-order valence-electron chi connectivity index (χ0n) is 32.1. The highest BCUT2D eigenvalue weighted by Gasteiger charge is 2.61. The van der Waals surface area contributed by atoms with Gasteiger partial charge in [-0.15, -0.1) is 6.58 Å². The van der Waals surface area contributed by atoms with E-state index in [0.29, 0.717) is 28.1 Å². The fourth-order valence-corrected chi connectivity index (χ4v) is 7.85. The summed E-state index contributed by atoms with van der Waals surface area (Å²) in [6.45, 7) is 8.34. The number of pyridine rings is 1. The van der Waals surface area contributed by atoms with Crippen molar-refractivity contribution in [1.82, 2.24) is 25.2 Å². The van der Waals surface area contributed by atoms with Crippen LogP contribution in [0.1, 0.15) is 33.6 Å². The molecule has 1 aliphatic heterocycles. The lowest BCUT2D eigenvalue weighted by Crippen LogP contribution is -2.59. The molecule has 0 bridgehead atoms. The summed E-state index contributed by atoms with van der Waals surface area (Å²) >= 11 is 0. The largest absolute Gasteiger partial charge is 0.497 e. The summed E-state index contributed by atoms with van der Waals surface area (Å²) in [5.74, 6) is -1.98. The molecule has 0 radical (unpaired) electrons. The molecule has 2 fully saturated rings. The summed E-state index contributed by atoms with van der Waals surface area (Å²) in [7, 11) is -2.74. The molecule has 3 aromatic carbocycles. The Morgan fingerprint density at radius 3 is 2.33 bits per heavy atom. The van der Waals surface area contributed by atoms with E-state index >= 15 is 0 Å². The van der Waals surface area contributed by atoms with Crippen LogP contribution in [0.2, 0.25) is 0 Å². The molecule has 4 aromatic rings. The van der Waals surface area contributed by atoms with Crippen LogP contribution in [0, 0.1) is 5.92 Å². The van der Waals surface area contributed by atoms with Gasteiger partial charge in [0.05, 0.1) is 29.8 Å². The van der Waals surface area contributed by atoms with Crippen molar-refractivity contribution in [3.8, 4) is 22.8 Å². The molecule has 15 nitrogen and oxygen atoms in total. The van der Waals surface area contributed by atoms with Crippen molar-refractivity contribution in [2.75, 3.05) is 20.2 Å². The Morgan fingerprint density at radius 1 is 1.04 bits per heavy atom. The molecule has 5 N–H and O–H groups in total. The number of fused-ring (bicyclic) bond motifs is 1. The Bertz CT molecular complexity index is 2280. The highest BCUT2D eigenvalue weighted by molar-refractivity contribution is 7.90. The van der Waals surface area contributed by atoms with Gasteiger partial charge in [0.2, 0.25) is 11.8 Å². The first kappa shape index (κ1) is 40.7. The molecule has 300 valence electrons. The second kappa shape index (κ2) is 16.2. The molecule has 57 heavy (non-hydrogen) atoms. The van der Waals surface area contributed by atoms with E-state index in [0.717, 1.165) is 5.56 Å². The zero-order valence-corrected chi connectivity index (χ0v) is 32.9. The van der Waals surface area contributed by atoms with Crippen LogP contribution in [-0.2, 0) is 29.1 Å². The van der Waals surface area contributed by atoms with Crippen LogP contribution < -0.4 is 30.6 Å². The molecule has 1 aromatic heterocycles. The molecule has 5 atom stereocenters. The molecular formula is C41H46N6O9S. The number of hydrogen-bond acceptors (Lipinski definition) is 11. The number of rotatable bonds is 13. The van der Waals surface area contributed by atoms with Gasteiger partial charge in [-0.1, -0.05) is 54.6 Å². The predicted molar refractivity (Wildman–Crippen MR) is 211 cm³/mol. The Kier molecular flexibility index (Phi) is 11.6. The van der Waals surface area contributed by atoms with Crippen LogP contribution in [0.15, 0.2) is 102 Å². The zero-order chi connectivity index (χ0) is 41.1. The quantitative estimate of drug-likeness (QED) is 0.144. The molecule has 16 heteroatoms. The number of ether oxygens (including phenoxy) is 3. The topological polar surface area (TPSA) is 208 Å². The van der Waals surface area contributed by atoms with Crippen molar-refractivity contribution >= 4 is 44.7 Å². The maximum atomic E-state index is 14.4. The Morgan fingerprint density at radius 2 is 1.72 bits per heavy atom. The van der Waals surface area contributed by atoms with Crippen molar-refractivity contribution in [3.63, 3.8) is 0 Å². The number of benzene rings is 3. The Balaban J connectivity index is 1.32. The summed E-state index contributed by atoms with van der Waals surface area (Å²) in [5.41, 5.74) is 5.48. The van der Waals surface area contributed by atoms with Crippen LogP contribution in [-0.4, -0.2) is 91.6 Å². The summed E-state index contributed by atoms with van der Waals surface area (Å²) in [5, 5.41) is 5.91. The minimum Gasteiger partial charge on any atom is -0.497 e. The number of hydrogen-bond donors (Lipinski definition) is 4. The number of methoxy groups -OCH3 is 1. The van der Waals surface area contributed by atoms with E-state index in [2.05, 4.69) is 21.9 Å². The van der Waals surface area contributed by atoms with E-state index in [1.807, 2.05) is 30.3 Å². The molecule has 1 saturated heterocycles. The molecule has 2 heterocycles. The minimum atomic E-state index is -4.29. The van der Waals surface area contributed by atoms with E-state index in [1.54, 1.807) is 58.2 Å². The summed E-state index contributed by atoms with van der Waals surface area (Å²) < 4.78 is 45.8. The lowest BCUT2D eigenvalue weighted by atomic mass is 10.1. The molecule has 4 amide bonds. The second-order valence-corrected chi connectivity index (χ2v) is 16.6. The number of carbonyl (C=O) groups is 4. The van der Waals surface area contributed by atoms with Gasteiger partial charge < -0.3 is 35.5 Å². The van der Waals surface area contributed by atoms with Crippen molar-refractivity contribution in [3.05, 3.63) is 97.6 Å². The number of carbonyl (C=O) groups excluding carboxylic acids is 4. The van der Waals surface area contributed by atoms with Gasteiger partial charge >= 0.3 is 6.09 Å². The van der Waals surface area contributed by atoms with Crippen molar-refractivity contribution in [1.29, 1.82) is 0 Å². The third-order valence-electron chi connectivity index (χ3n) is 9.75. The maximum Gasteiger partial charge on any atom is 0.408 e. The minimum absolute atomic E-state index is 0.0410. The fraction of sp³-hybridized carbons (Fsp3) is 0.341. The van der Waals surface area contributed by atoms with Crippen LogP contribution in [0.5, 0.6) is 11.5 Å². The van der Waals surface area contributed by atoms with Crippen molar-refractivity contribution in [2.24, 2.45) is 11.7 Å². The first-order valence-corrected chi connectivity index (χ1v) is 19.8. The first-order valence-electron chi connectivity index (χ1n) is 18.3. The monoisotopic (exact) mass is 798 g/mol. The van der Waals surface area contributed by atoms with Crippen molar-refractivity contribution in [2.45, 2.75) is 67.8 Å². The van der Waals surface area contributed by atoms with Crippen LogP contribution in [0.25, 0.3) is 22.2 Å².